The summed E-state index contributed by atoms with van der Waals surface area (Å²) in [4.78, 5) is 27.5. The fraction of sp³-hybridized carbons (Fsp3) is 0.111. The highest BCUT2D eigenvalue weighted by Crippen LogP contribution is 2.18. The molecule has 1 aromatic carbocycles. The monoisotopic (exact) mass is 351 g/mol. The first kappa shape index (κ1) is 17.2. The van der Waals surface area contributed by atoms with Gasteiger partial charge in [-0.1, -0.05) is 5.16 Å². The van der Waals surface area contributed by atoms with Gasteiger partial charge in [-0.15, -0.1) is 0 Å². The van der Waals surface area contributed by atoms with E-state index in [0.717, 1.165) is 0 Å². The summed E-state index contributed by atoms with van der Waals surface area (Å²) in [7, 11) is 0. The number of aryl methyl sites for hydroxylation is 1. The highest BCUT2D eigenvalue weighted by atomic mass is 16.5. The van der Waals surface area contributed by atoms with Crippen LogP contribution in [0.1, 0.15) is 23.0 Å². The molecule has 0 saturated carbocycles. The molecule has 8 heteroatoms. The van der Waals surface area contributed by atoms with Crippen LogP contribution in [0.2, 0.25) is 0 Å². The van der Waals surface area contributed by atoms with Crippen LogP contribution in [0, 0.1) is 6.92 Å². The number of hydrogen-bond acceptors (Lipinski definition) is 6. The molecule has 0 unspecified atom stereocenters. The van der Waals surface area contributed by atoms with Gasteiger partial charge in [-0.25, -0.2) is 0 Å². The minimum atomic E-state index is -0.301. The predicted molar refractivity (Wildman–Crippen MR) is 97.5 cm³/mol. The molecule has 0 spiro atoms. The predicted octanol–water partition coefficient (Wildman–Crippen LogP) is 3.33. The van der Waals surface area contributed by atoms with Crippen molar-refractivity contribution in [1.29, 1.82) is 0 Å². The van der Waals surface area contributed by atoms with E-state index in [0.29, 0.717) is 34.2 Å². The Morgan fingerprint density at radius 3 is 2.27 bits per heavy atom. The minimum absolute atomic E-state index is 0.153. The van der Waals surface area contributed by atoms with Crippen molar-refractivity contribution in [2.45, 2.75) is 13.8 Å². The van der Waals surface area contributed by atoms with E-state index in [2.05, 4.69) is 26.1 Å². The zero-order valence-corrected chi connectivity index (χ0v) is 14.2. The van der Waals surface area contributed by atoms with Gasteiger partial charge < -0.3 is 20.5 Å². The number of carbonyl (C=O) groups excluding carboxylic acids is 2. The van der Waals surface area contributed by atoms with Crippen LogP contribution in [0.15, 0.2) is 53.3 Å². The number of benzene rings is 1. The summed E-state index contributed by atoms with van der Waals surface area (Å²) in [6, 6.07) is 10.2. The molecular weight excluding hydrogens is 334 g/mol. The Balaban J connectivity index is 1.67. The maximum absolute atomic E-state index is 12.4. The zero-order chi connectivity index (χ0) is 18.5. The molecule has 0 radical (unpaired) electrons. The van der Waals surface area contributed by atoms with E-state index in [-0.39, 0.29) is 11.8 Å². The summed E-state index contributed by atoms with van der Waals surface area (Å²) in [5.41, 5.74) is 2.27. The lowest BCUT2D eigenvalue weighted by Gasteiger charge is -2.08. The lowest BCUT2D eigenvalue weighted by atomic mass is 10.2. The summed E-state index contributed by atoms with van der Waals surface area (Å²) < 4.78 is 4.99. The smallest absolute Gasteiger partial charge is 0.257 e. The average molecular weight is 351 g/mol. The molecule has 0 fully saturated rings. The topological polar surface area (TPSA) is 109 Å². The van der Waals surface area contributed by atoms with Gasteiger partial charge >= 0.3 is 0 Å². The second kappa shape index (κ2) is 7.47. The summed E-state index contributed by atoms with van der Waals surface area (Å²) in [5, 5.41) is 12.3. The number of hydrogen-bond donors (Lipinski definition) is 3. The zero-order valence-electron chi connectivity index (χ0n) is 14.2. The SMILES string of the molecule is CC(=O)Nc1ccc(NC(=O)c2cncc(Nc3cc(C)on3)c2)cc1. The van der Waals surface area contributed by atoms with Gasteiger partial charge in [-0.3, -0.25) is 14.6 Å². The molecule has 3 N–H and O–H groups in total. The number of nitrogens with zero attached hydrogens (tertiary/aromatic N) is 2. The number of pyridine rings is 1. The first-order valence-corrected chi connectivity index (χ1v) is 7.84. The van der Waals surface area contributed by atoms with Crippen molar-refractivity contribution in [1.82, 2.24) is 10.1 Å². The molecule has 0 bridgehead atoms. The Kier molecular flexibility index (Phi) is 4.93. The standard InChI is InChI=1S/C18H17N5O3/c1-11-7-17(23-26-11)21-16-8-13(9-19-10-16)18(25)22-15-5-3-14(4-6-15)20-12(2)24/h3-10H,1-2H3,(H,20,24)(H,21,23)(H,22,25). The Bertz CT molecular complexity index is 934. The quantitative estimate of drug-likeness (QED) is 0.650. The number of anilines is 4. The van der Waals surface area contributed by atoms with Gasteiger partial charge in [-0.05, 0) is 37.3 Å². The Morgan fingerprint density at radius 2 is 1.65 bits per heavy atom. The van der Waals surface area contributed by atoms with Crippen molar-refractivity contribution in [3.8, 4) is 0 Å². The number of amides is 2. The summed E-state index contributed by atoms with van der Waals surface area (Å²) >= 11 is 0. The molecule has 0 atom stereocenters. The van der Waals surface area contributed by atoms with Crippen LogP contribution in [0.25, 0.3) is 0 Å². The molecule has 3 aromatic rings. The average Bonchev–Trinajstić information content (AvgIpc) is 3.01. The van der Waals surface area contributed by atoms with Crippen LogP contribution < -0.4 is 16.0 Å². The maximum atomic E-state index is 12.4. The molecule has 3 rings (SSSR count). The number of carbonyl (C=O) groups is 2. The largest absolute Gasteiger partial charge is 0.360 e. The van der Waals surface area contributed by atoms with E-state index in [1.54, 1.807) is 49.5 Å². The molecule has 132 valence electrons. The summed E-state index contributed by atoms with van der Waals surface area (Å²) in [6.45, 7) is 3.22. The second-order valence-corrected chi connectivity index (χ2v) is 5.62. The normalized spacial score (nSPS) is 10.2. The van der Waals surface area contributed by atoms with E-state index in [9.17, 15) is 9.59 Å². The third-order valence-corrected chi connectivity index (χ3v) is 3.36. The van der Waals surface area contributed by atoms with E-state index >= 15 is 0 Å². The maximum Gasteiger partial charge on any atom is 0.257 e. The van der Waals surface area contributed by atoms with Crippen LogP contribution in [0.3, 0.4) is 0 Å². The molecule has 0 aliphatic carbocycles. The molecule has 26 heavy (non-hydrogen) atoms. The highest BCUT2D eigenvalue weighted by molar-refractivity contribution is 6.04. The molecule has 2 amide bonds. The van der Waals surface area contributed by atoms with Crippen LogP contribution in [-0.4, -0.2) is 22.0 Å². The van der Waals surface area contributed by atoms with Gasteiger partial charge in [0.15, 0.2) is 5.82 Å². The molecule has 0 aliphatic rings. The second-order valence-electron chi connectivity index (χ2n) is 5.62. The molecule has 0 aliphatic heterocycles. The minimum Gasteiger partial charge on any atom is -0.360 e. The van der Waals surface area contributed by atoms with Crippen molar-refractivity contribution in [2.24, 2.45) is 0 Å². The van der Waals surface area contributed by atoms with Crippen LogP contribution in [0.4, 0.5) is 22.9 Å². The number of aromatic nitrogens is 2. The molecule has 2 aromatic heterocycles. The first-order valence-electron chi connectivity index (χ1n) is 7.84. The Labute approximate surface area is 149 Å². The van der Waals surface area contributed by atoms with E-state index in [1.165, 1.54) is 13.1 Å². The number of rotatable bonds is 5. The van der Waals surface area contributed by atoms with Gasteiger partial charge in [0.05, 0.1) is 17.4 Å². The van der Waals surface area contributed by atoms with Crippen LogP contribution in [0.5, 0.6) is 0 Å². The van der Waals surface area contributed by atoms with Gasteiger partial charge in [0.25, 0.3) is 5.91 Å². The van der Waals surface area contributed by atoms with Crippen molar-refractivity contribution >= 4 is 34.7 Å². The molecule has 2 heterocycles. The first-order chi connectivity index (χ1) is 12.5. The van der Waals surface area contributed by atoms with Crippen LogP contribution >= 0.6 is 0 Å². The van der Waals surface area contributed by atoms with E-state index in [4.69, 9.17) is 4.52 Å². The van der Waals surface area contributed by atoms with Crippen molar-refractivity contribution in [3.63, 3.8) is 0 Å². The summed E-state index contributed by atoms with van der Waals surface area (Å²) in [6.07, 6.45) is 3.06. The molecule has 8 nitrogen and oxygen atoms in total. The third kappa shape index (κ3) is 4.44. The molecular formula is C18H17N5O3. The highest BCUT2D eigenvalue weighted by Gasteiger charge is 2.09. The lowest BCUT2D eigenvalue weighted by Crippen LogP contribution is -2.12. The fourth-order valence-electron chi connectivity index (χ4n) is 2.25. The van der Waals surface area contributed by atoms with Gasteiger partial charge in [0.2, 0.25) is 5.91 Å². The molecule has 0 saturated heterocycles. The van der Waals surface area contributed by atoms with Gasteiger partial charge in [-0.2, -0.15) is 0 Å². The van der Waals surface area contributed by atoms with Crippen molar-refractivity contribution in [3.05, 3.63) is 60.1 Å². The fourth-order valence-corrected chi connectivity index (χ4v) is 2.25. The lowest BCUT2D eigenvalue weighted by molar-refractivity contribution is -0.114. The van der Waals surface area contributed by atoms with E-state index in [1.807, 2.05) is 0 Å². The number of nitrogens with one attached hydrogen (secondary N) is 3. The van der Waals surface area contributed by atoms with E-state index < -0.39 is 0 Å². The van der Waals surface area contributed by atoms with Gasteiger partial charge in [0, 0.05) is 30.6 Å². The Morgan fingerprint density at radius 1 is 0.962 bits per heavy atom. The van der Waals surface area contributed by atoms with Crippen molar-refractivity contribution < 1.29 is 14.1 Å². The summed E-state index contributed by atoms with van der Waals surface area (Å²) in [5.74, 6) is 0.761. The van der Waals surface area contributed by atoms with Crippen molar-refractivity contribution in [2.75, 3.05) is 16.0 Å². The Hall–Kier alpha value is -3.68. The van der Waals surface area contributed by atoms with Crippen LogP contribution in [-0.2, 0) is 4.79 Å². The third-order valence-electron chi connectivity index (χ3n) is 3.36. The van der Waals surface area contributed by atoms with Gasteiger partial charge in [0.1, 0.15) is 5.76 Å².